The Bertz CT molecular complexity index is 612. The van der Waals surface area contributed by atoms with Crippen LogP contribution in [-0.2, 0) is 4.74 Å². The molecule has 2 N–H and O–H groups in total. The zero-order valence-electron chi connectivity index (χ0n) is 11.3. The Morgan fingerprint density at radius 1 is 1.15 bits per heavy atom. The molecular formula is C13H16N6O. The Morgan fingerprint density at radius 3 is 2.70 bits per heavy atom. The van der Waals surface area contributed by atoms with Gasteiger partial charge in [0.25, 0.3) is 0 Å². The summed E-state index contributed by atoms with van der Waals surface area (Å²) in [5.41, 5.74) is 7.69. The van der Waals surface area contributed by atoms with Crippen LogP contribution in [0.25, 0.3) is 11.4 Å². The molecule has 0 aromatic carbocycles. The summed E-state index contributed by atoms with van der Waals surface area (Å²) in [5, 5.41) is 0. The Balaban J connectivity index is 1.97. The Hall–Kier alpha value is -2.28. The molecule has 0 amide bonds. The molecule has 3 rings (SSSR count). The number of morpholine rings is 1. The van der Waals surface area contributed by atoms with E-state index in [1.807, 2.05) is 17.9 Å². The van der Waals surface area contributed by atoms with Crippen LogP contribution in [0.4, 0.5) is 11.9 Å². The molecular weight excluding hydrogens is 256 g/mol. The number of hydrogen-bond donors (Lipinski definition) is 1. The van der Waals surface area contributed by atoms with Crippen LogP contribution in [0, 0.1) is 6.92 Å². The van der Waals surface area contributed by atoms with E-state index in [4.69, 9.17) is 10.5 Å². The van der Waals surface area contributed by atoms with E-state index >= 15 is 0 Å². The summed E-state index contributed by atoms with van der Waals surface area (Å²) in [6, 6.07) is 1.98. The third kappa shape index (κ3) is 2.67. The number of nitrogens with two attached hydrogens (primary N) is 1. The average Bonchev–Trinajstić information content (AvgIpc) is 2.47. The number of nitrogens with zero attached hydrogens (tertiary/aromatic N) is 5. The highest BCUT2D eigenvalue weighted by atomic mass is 16.5. The van der Waals surface area contributed by atoms with E-state index in [0.29, 0.717) is 25.0 Å². The minimum absolute atomic E-state index is 0.220. The molecule has 0 aliphatic carbocycles. The SMILES string of the molecule is Cc1cncc(-c2nc(N)nc(N3CCOCC3)n2)c1. The number of anilines is 2. The smallest absolute Gasteiger partial charge is 0.230 e. The van der Waals surface area contributed by atoms with Crippen LogP contribution < -0.4 is 10.6 Å². The third-order valence-corrected chi connectivity index (χ3v) is 3.07. The summed E-state index contributed by atoms with van der Waals surface area (Å²) >= 11 is 0. The van der Waals surface area contributed by atoms with Gasteiger partial charge in [-0.05, 0) is 18.6 Å². The van der Waals surface area contributed by atoms with Gasteiger partial charge in [0.2, 0.25) is 11.9 Å². The maximum Gasteiger partial charge on any atom is 0.230 e. The van der Waals surface area contributed by atoms with Crippen molar-refractivity contribution < 1.29 is 4.74 Å². The highest BCUT2D eigenvalue weighted by Crippen LogP contribution is 2.19. The minimum Gasteiger partial charge on any atom is -0.378 e. The lowest BCUT2D eigenvalue weighted by molar-refractivity contribution is 0.122. The van der Waals surface area contributed by atoms with Crippen molar-refractivity contribution >= 4 is 11.9 Å². The van der Waals surface area contributed by atoms with Gasteiger partial charge in [0.05, 0.1) is 13.2 Å². The quantitative estimate of drug-likeness (QED) is 0.858. The van der Waals surface area contributed by atoms with Crippen molar-refractivity contribution in [3.05, 3.63) is 24.0 Å². The van der Waals surface area contributed by atoms with Crippen molar-refractivity contribution in [3.63, 3.8) is 0 Å². The summed E-state index contributed by atoms with van der Waals surface area (Å²) in [5.74, 6) is 1.37. The van der Waals surface area contributed by atoms with Crippen LogP contribution in [0.1, 0.15) is 5.56 Å². The van der Waals surface area contributed by atoms with E-state index < -0.39 is 0 Å². The van der Waals surface area contributed by atoms with Crippen molar-refractivity contribution in [2.75, 3.05) is 36.9 Å². The van der Waals surface area contributed by atoms with Gasteiger partial charge in [-0.2, -0.15) is 15.0 Å². The highest BCUT2D eigenvalue weighted by Gasteiger charge is 2.16. The average molecular weight is 272 g/mol. The summed E-state index contributed by atoms with van der Waals surface area (Å²) < 4.78 is 5.33. The van der Waals surface area contributed by atoms with Crippen LogP contribution in [0.15, 0.2) is 18.5 Å². The van der Waals surface area contributed by atoms with Crippen molar-refractivity contribution in [1.29, 1.82) is 0 Å². The van der Waals surface area contributed by atoms with Gasteiger partial charge in [0.1, 0.15) is 0 Å². The molecule has 3 heterocycles. The Kier molecular flexibility index (Phi) is 3.42. The lowest BCUT2D eigenvalue weighted by Crippen LogP contribution is -2.37. The number of aromatic nitrogens is 4. The van der Waals surface area contributed by atoms with Gasteiger partial charge < -0.3 is 15.4 Å². The molecule has 20 heavy (non-hydrogen) atoms. The second-order valence-electron chi connectivity index (χ2n) is 4.67. The monoisotopic (exact) mass is 272 g/mol. The molecule has 104 valence electrons. The summed E-state index contributed by atoms with van der Waals surface area (Å²) in [4.78, 5) is 19.1. The Labute approximate surface area is 116 Å². The number of nitrogen functional groups attached to an aromatic ring is 1. The summed E-state index contributed by atoms with van der Waals surface area (Å²) in [7, 11) is 0. The van der Waals surface area contributed by atoms with E-state index in [0.717, 1.165) is 24.2 Å². The predicted octanol–water partition coefficient (Wildman–Crippen LogP) is 0.661. The van der Waals surface area contributed by atoms with Crippen molar-refractivity contribution in [3.8, 4) is 11.4 Å². The van der Waals surface area contributed by atoms with Crippen LogP contribution in [0.5, 0.6) is 0 Å². The molecule has 1 aliphatic heterocycles. The normalized spacial score (nSPS) is 15.3. The first-order chi connectivity index (χ1) is 9.72. The molecule has 7 heteroatoms. The zero-order valence-corrected chi connectivity index (χ0v) is 11.3. The zero-order chi connectivity index (χ0) is 13.9. The fraction of sp³-hybridized carbons (Fsp3) is 0.385. The van der Waals surface area contributed by atoms with Crippen LogP contribution >= 0.6 is 0 Å². The first-order valence-electron chi connectivity index (χ1n) is 6.48. The maximum atomic E-state index is 5.80. The highest BCUT2D eigenvalue weighted by molar-refractivity contribution is 5.57. The molecule has 2 aromatic heterocycles. The number of aryl methyl sites for hydroxylation is 1. The molecule has 1 saturated heterocycles. The van der Waals surface area contributed by atoms with Crippen LogP contribution in [-0.4, -0.2) is 46.2 Å². The number of pyridine rings is 1. The molecule has 0 atom stereocenters. The first-order valence-corrected chi connectivity index (χ1v) is 6.48. The van der Waals surface area contributed by atoms with Gasteiger partial charge in [0, 0.05) is 31.0 Å². The number of rotatable bonds is 2. The lowest BCUT2D eigenvalue weighted by atomic mass is 10.2. The van der Waals surface area contributed by atoms with Gasteiger partial charge in [-0.25, -0.2) is 0 Å². The molecule has 0 bridgehead atoms. The molecule has 0 unspecified atom stereocenters. The van der Waals surface area contributed by atoms with E-state index in [-0.39, 0.29) is 5.95 Å². The number of ether oxygens (including phenoxy) is 1. The topological polar surface area (TPSA) is 90.0 Å². The van der Waals surface area contributed by atoms with Crippen molar-refractivity contribution in [2.45, 2.75) is 6.92 Å². The van der Waals surface area contributed by atoms with Crippen LogP contribution in [0.2, 0.25) is 0 Å². The Morgan fingerprint density at radius 2 is 1.95 bits per heavy atom. The standard InChI is InChI=1S/C13H16N6O/c1-9-6-10(8-15-7-9)11-16-12(14)18-13(17-11)19-2-4-20-5-3-19/h6-8H,2-5H2,1H3,(H2,14,16,17,18). The first kappa shape index (κ1) is 12.7. The lowest BCUT2D eigenvalue weighted by Gasteiger charge is -2.26. The molecule has 2 aromatic rings. The largest absolute Gasteiger partial charge is 0.378 e. The van der Waals surface area contributed by atoms with Gasteiger partial charge in [0.15, 0.2) is 5.82 Å². The van der Waals surface area contributed by atoms with Crippen molar-refractivity contribution in [1.82, 2.24) is 19.9 Å². The summed E-state index contributed by atoms with van der Waals surface area (Å²) in [6.45, 7) is 4.84. The molecule has 0 spiro atoms. The fourth-order valence-electron chi connectivity index (χ4n) is 2.09. The van der Waals surface area contributed by atoms with Gasteiger partial charge >= 0.3 is 0 Å². The second-order valence-corrected chi connectivity index (χ2v) is 4.67. The molecule has 1 fully saturated rings. The molecule has 7 nitrogen and oxygen atoms in total. The second kappa shape index (κ2) is 5.38. The van der Waals surface area contributed by atoms with Gasteiger partial charge in [-0.15, -0.1) is 0 Å². The van der Waals surface area contributed by atoms with E-state index in [9.17, 15) is 0 Å². The molecule has 1 aliphatic rings. The maximum absolute atomic E-state index is 5.80. The predicted molar refractivity (Wildman–Crippen MR) is 75.2 cm³/mol. The third-order valence-electron chi connectivity index (χ3n) is 3.07. The minimum atomic E-state index is 0.220. The van der Waals surface area contributed by atoms with Crippen LogP contribution in [0.3, 0.4) is 0 Å². The van der Waals surface area contributed by atoms with E-state index in [1.165, 1.54) is 0 Å². The molecule has 0 radical (unpaired) electrons. The van der Waals surface area contributed by atoms with Crippen molar-refractivity contribution in [2.24, 2.45) is 0 Å². The number of hydrogen-bond acceptors (Lipinski definition) is 7. The van der Waals surface area contributed by atoms with E-state index in [2.05, 4.69) is 19.9 Å². The van der Waals surface area contributed by atoms with Gasteiger partial charge in [-0.1, -0.05) is 0 Å². The summed E-state index contributed by atoms with van der Waals surface area (Å²) in [6.07, 6.45) is 3.52. The molecule has 0 saturated carbocycles. The van der Waals surface area contributed by atoms with Gasteiger partial charge in [-0.3, -0.25) is 4.98 Å². The van der Waals surface area contributed by atoms with E-state index in [1.54, 1.807) is 12.4 Å². The fourth-order valence-corrected chi connectivity index (χ4v) is 2.09.